The number of furan rings is 1. The summed E-state index contributed by atoms with van der Waals surface area (Å²) in [6, 6.07) is 6.51. The molecule has 4 heterocycles. The van der Waals surface area contributed by atoms with Gasteiger partial charge in [-0.05, 0) is 81.3 Å². The van der Waals surface area contributed by atoms with Crippen molar-refractivity contribution < 1.29 is 23.5 Å². The van der Waals surface area contributed by atoms with E-state index < -0.39 is 5.97 Å². The first-order valence-electron chi connectivity index (χ1n) is 15.2. The number of anilines is 1. The van der Waals surface area contributed by atoms with E-state index in [9.17, 15) is 9.59 Å². The smallest absolute Gasteiger partial charge is 0.341 e. The normalized spacial score (nSPS) is 24.4. The van der Waals surface area contributed by atoms with Gasteiger partial charge in [-0.25, -0.2) is 4.79 Å². The molecular formula is C32H43N3O5. The number of amides is 1. The van der Waals surface area contributed by atoms with Crippen LogP contribution in [0.15, 0.2) is 35.1 Å². The average molecular weight is 550 g/mol. The van der Waals surface area contributed by atoms with Gasteiger partial charge in [0.25, 0.3) is 0 Å². The first kappa shape index (κ1) is 27.2. The predicted octanol–water partition coefficient (Wildman–Crippen LogP) is 5.39. The van der Waals surface area contributed by atoms with Crippen LogP contribution in [-0.2, 0) is 9.53 Å². The summed E-state index contributed by atoms with van der Waals surface area (Å²) in [5.41, 5.74) is 3.56. The molecule has 216 valence electrons. The summed E-state index contributed by atoms with van der Waals surface area (Å²) in [5.74, 6) is 0.907. The van der Waals surface area contributed by atoms with Gasteiger partial charge >= 0.3 is 5.97 Å². The van der Waals surface area contributed by atoms with Gasteiger partial charge < -0.3 is 28.6 Å². The third-order valence-corrected chi connectivity index (χ3v) is 9.92. The first-order chi connectivity index (χ1) is 19.6. The standard InChI is InChI=1S/C32H43N3O5/c1-38-28-19-25-27(18-26(28)32(37)39-2)35(20-29(36)34-15-10-24(11-16-34)33-13-6-7-14-33)31(23-12-17-40-21-23)30(25)22-8-4-3-5-9-22/h12,17-19,21-22,24,30-31H,3-11,13-16,20H2,1-2H3. The molecule has 2 aromatic rings. The van der Waals surface area contributed by atoms with Crippen LogP contribution in [0.1, 0.15) is 91.2 Å². The molecule has 8 nitrogen and oxygen atoms in total. The van der Waals surface area contributed by atoms with Crippen molar-refractivity contribution in [2.24, 2.45) is 5.92 Å². The highest BCUT2D eigenvalue weighted by atomic mass is 16.5. The van der Waals surface area contributed by atoms with Gasteiger partial charge in [0.05, 0.1) is 39.3 Å². The van der Waals surface area contributed by atoms with Gasteiger partial charge in [-0.2, -0.15) is 0 Å². The maximum Gasteiger partial charge on any atom is 0.341 e. The van der Waals surface area contributed by atoms with Crippen molar-refractivity contribution in [2.75, 3.05) is 51.8 Å². The van der Waals surface area contributed by atoms with Gasteiger partial charge in [-0.1, -0.05) is 19.3 Å². The Balaban J connectivity index is 1.33. The van der Waals surface area contributed by atoms with Crippen LogP contribution < -0.4 is 9.64 Å². The summed E-state index contributed by atoms with van der Waals surface area (Å²) in [6.07, 6.45) is 14.2. The molecule has 1 amide bonds. The predicted molar refractivity (Wildman–Crippen MR) is 153 cm³/mol. The van der Waals surface area contributed by atoms with Gasteiger partial charge in [-0.3, -0.25) is 4.79 Å². The van der Waals surface area contributed by atoms with Crippen molar-refractivity contribution in [2.45, 2.75) is 75.8 Å². The van der Waals surface area contributed by atoms with E-state index in [2.05, 4.69) is 14.7 Å². The second-order valence-corrected chi connectivity index (χ2v) is 12.0. The van der Waals surface area contributed by atoms with Crippen LogP contribution >= 0.6 is 0 Å². The number of rotatable bonds is 7. The summed E-state index contributed by atoms with van der Waals surface area (Å²) >= 11 is 0. The summed E-state index contributed by atoms with van der Waals surface area (Å²) in [7, 11) is 2.99. The number of nitrogens with zero attached hydrogens (tertiary/aromatic N) is 3. The minimum atomic E-state index is -0.434. The van der Waals surface area contributed by atoms with E-state index in [0.717, 1.165) is 55.6 Å². The molecule has 3 aliphatic heterocycles. The SMILES string of the molecule is COC(=O)c1cc2c(cc1OC)C(C1CCCCC1)C(c1ccoc1)N2CC(=O)N1CCC(N2CCCC2)CC1. The molecule has 40 heavy (non-hydrogen) atoms. The molecule has 8 heteroatoms. The Morgan fingerprint density at radius 1 is 0.950 bits per heavy atom. The highest BCUT2D eigenvalue weighted by Gasteiger charge is 2.46. The van der Waals surface area contributed by atoms with E-state index in [-0.39, 0.29) is 24.4 Å². The minimum absolute atomic E-state index is 0.0412. The summed E-state index contributed by atoms with van der Waals surface area (Å²) in [4.78, 5) is 33.6. The number of likely N-dealkylation sites (tertiary alicyclic amines) is 2. The number of carbonyl (C=O) groups is 2. The van der Waals surface area contributed by atoms with Gasteiger partial charge in [0.1, 0.15) is 11.3 Å². The first-order valence-corrected chi connectivity index (χ1v) is 15.2. The lowest BCUT2D eigenvalue weighted by molar-refractivity contribution is -0.131. The van der Waals surface area contributed by atoms with Crippen molar-refractivity contribution in [3.8, 4) is 5.75 Å². The topological polar surface area (TPSA) is 75.5 Å². The van der Waals surface area contributed by atoms with Crippen LogP contribution in [0.5, 0.6) is 5.75 Å². The van der Waals surface area contributed by atoms with E-state index in [1.807, 2.05) is 24.5 Å². The Morgan fingerprint density at radius 3 is 2.35 bits per heavy atom. The molecule has 1 aromatic carbocycles. The minimum Gasteiger partial charge on any atom is -0.496 e. The highest BCUT2D eigenvalue weighted by Crippen LogP contribution is 2.56. The van der Waals surface area contributed by atoms with Gasteiger partial charge in [0, 0.05) is 36.3 Å². The van der Waals surface area contributed by atoms with Crippen LogP contribution in [0.25, 0.3) is 0 Å². The fourth-order valence-electron chi connectivity index (χ4n) is 7.90. The molecule has 4 aliphatic rings. The lowest BCUT2D eigenvalue weighted by Crippen LogP contribution is -2.49. The molecule has 0 radical (unpaired) electrons. The number of esters is 1. The number of fused-ring (bicyclic) bond motifs is 1. The Bertz CT molecular complexity index is 1180. The zero-order valence-corrected chi connectivity index (χ0v) is 24.0. The second-order valence-electron chi connectivity index (χ2n) is 12.0. The lowest BCUT2D eigenvalue weighted by atomic mass is 9.73. The van der Waals surface area contributed by atoms with Crippen LogP contribution in [-0.4, -0.2) is 74.7 Å². The lowest BCUT2D eigenvalue weighted by Gasteiger charge is -2.39. The van der Waals surface area contributed by atoms with Crippen LogP contribution in [0, 0.1) is 5.92 Å². The average Bonchev–Trinajstić information content (AvgIpc) is 3.78. The van der Waals surface area contributed by atoms with Crippen molar-refractivity contribution in [1.29, 1.82) is 0 Å². The number of hydrogen-bond donors (Lipinski definition) is 0. The zero-order chi connectivity index (χ0) is 27.6. The Kier molecular flexibility index (Phi) is 8.05. The Morgan fingerprint density at radius 2 is 1.70 bits per heavy atom. The molecule has 2 atom stereocenters. The third kappa shape index (κ3) is 5.11. The van der Waals surface area contributed by atoms with Crippen molar-refractivity contribution in [1.82, 2.24) is 9.80 Å². The summed E-state index contributed by atoms with van der Waals surface area (Å²) in [6.45, 7) is 4.28. The number of methoxy groups -OCH3 is 2. The maximum absolute atomic E-state index is 13.9. The fourth-order valence-corrected chi connectivity index (χ4v) is 7.90. The van der Waals surface area contributed by atoms with Crippen molar-refractivity contribution >= 4 is 17.6 Å². The molecule has 0 spiro atoms. The number of ether oxygens (including phenoxy) is 2. The fraction of sp³-hybridized carbons (Fsp3) is 0.625. The second kappa shape index (κ2) is 11.9. The number of benzene rings is 1. The molecule has 1 saturated carbocycles. The molecule has 0 bridgehead atoms. The number of hydrogen-bond acceptors (Lipinski definition) is 7. The van der Waals surface area contributed by atoms with E-state index in [1.165, 1.54) is 52.3 Å². The van der Waals surface area contributed by atoms with E-state index >= 15 is 0 Å². The molecule has 0 N–H and O–H groups in total. The van der Waals surface area contributed by atoms with E-state index in [4.69, 9.17) is 13.9 Å². The van der Waals surface area contributed by atoms with Crippen LogP contribution in [0.3, 0.4) is 0 Å². The largest absolute Gasteiger partial charge is 0.496 e. The van der Waals surface area contributed by atoms with Gasteiger partial charge in [-0.15, -0.1) is 0 Å². The van der Waals surface area contributed by atoms with E-state index in [1.54, 1.807) is 13.4 Å². The molecule has 2 saturated heterocycles. The van der Waals surface area contributed by atoms with Crippen LogP contribution in [0.2, 0.25) is 0 Å². The molecule has 6 rings (SSSR count). The quantitative estimate of drug-likeness (QED) is 0.429. The summed E-state index contributed by atoms with van der Waals surface area (Å²) in [5, 5.41) is 0. The van der Waals surface area contributed by atoms with Gasteiger partial charge in [0.2, 0.25) is 5.91 Å². The summed E-state index contributed by atoms with van der Waals surface area (Å²) < 4.78 is 16.4. The van der Waals surface area contributed by atoms with E-state index in [0.29, 0.717) is 23.3 Å². The van der Waals surface area contributed by atoms with Crippen molar-refractivity contribution in [3.05, 3.63) is 47.4 Å². The highest BCUT2D eigenvalue weighted by molar-refractivity contribution is 5.95. The zero-order valence-electron chi connectivity index (χ0n) is 24.0. The Labute approximate surface area is 237 Å². The van der Waals surface area contributed by atoms with Gasteiger partial charge in [0.15, 0.2) is 0 Å². The molecule has 2 unspecified atom stereocenters. The molecule has 1 aliphatic carbocycles. The number of piperidine rings is 1. The van der Waals surface area contributed by atoms with Crippen LogP contribution in [0.4, 0.5) is 5.69 Å². The number of carbonyl (C=O) groups excluding carboxylic acids is 2. The Hall–Kier alpha value is -3.00. The molecule has 3 fully saturated rings. The van der Waals surface area contributed by atoms with Crippen molar-refractivity contribution in [3.63, 3.8) is 0 Å². The maximum atomic E-state index is 13.9. The molecule has 1 aromatic heterocycles. The third-order valence-electron chi connectivity index (χ3n) is 9.92. The monoisotopic (exact) mass is 549 g/mol. The molecular weight excluding hydrogens is 506 g/mol.